The van der Waals surface area contributed by atoms with E-state index in [1.54, 1.807) is 14.2 Å². The lowest BCUT2D eigenvalue weighted by Crippen LogP contribution is -2.42. The number of unbranched alkanes of at least 4 members (excludes halogenated alkanes) is 1. The molecule has 0 spiro atoms. The van der Waals surface area contributed by atoms with E-state index in [4.69, 9.17) is 14.2 Å². The van der Waals surface area contributed by atoms with Crippen molar-refractivity contribution < 1.29 is 19.0 Å². The molecule has 162 valence electrons. The largest absolute Gasteiger partial charge is 0.493 e. The van der Waals surface area contributed by atoms with Gasteiger partial charge < -0.3 is 19.1 Å². The second kappa shape index (κ2) is 10.4. The maximum atomic E-state index is 13.0. The van der Waals surface area contributed by atoms with Gasteiger partial charge in [0, 0.05) is 13.0 Å². The summed E-state index contributed by atoms with van der Waals surface area (Å²) in [5.74, 6) is 2.40. The molecular weight excluding hydrogens is 378 g/mol. The van der Waals surface area contributed by atoms with Crippen molar-refractivity contribution in [3.05, 3.63) is 53.1 Å². The highest BCUT2D eigenvalue weighted by Gasteiger charge is 2.32. The van der Waals surface area contributed by atoms with Crippen molar-refractivity contribution >= 4 is 5.91 Å². The van der Waals surface area contributed by atoms with Crippen LogP contribution >= 0.6 is 0 Å². The molecule has 0 saturated carbocycles. The molecule has 0 aromatic heterocycles. The Labute approximate surface area is 179 Å². The molecule has 30 heavy (non-hydrogen) atoms. The Morgan fingerprint density at radius 2 is 1.77 bits per heavy atom. The fourth-order valence-electron chi connectivity index (χ4n) is 3.97. The van der Waals surface area contributed by atoms with Crippen molar-refractivity contribution in [3.63, 3.8) is 0 Å². The molecule has 0 radical (unpaired) electrons. The first-order valence-corrected chi connectivity index (χ1v) is 10.9. The van der Waals surface area contributed by atoms with Gasteiger partial charge in [0.15, 0.2) is 11.5 Å². The zero-order valence-electron chi connectivity index (χ0n) is 18.6. The van der Waals surface area contributed by atoms with E-state index in [1.165, 1.54) is 11.1 Å². The molecule has 5 nitrogen and oxygen atoms in total. The fraction of sp³-hybridized carbons (Fsp3) is 0.480. The van der Waals surface area contributed by atoms with Crippen LogP contribution in [-0.4, -0.2) is 38.2 Å². The topological polar surface area (TPSA) is 48.0 Å². The number of methoxy groups -OCH3 is 2. The first kappa shape index (κ1) is 22.0. The van der Waals surface area contributed by atoms with Crippen LogP contribution in [0.3, 0.4) is 0 Å². The highest BCUT2D eigenvalue weighted by Crippen LogP contribution is 2.38. The second-order valence-electron chi connectivity index (χ2n) is 7.67. The smallest absolute Gasteiger partial charge is 0.223 e. The number of fused-ring (bicyclic) bond motifs is 1. The van der Waals surface area contributed by atoms with Gasteiger partial charge in [-0.25, -0.2) is 0 Å². The van der Waals surface area contributed by atoms with Gasteiger partial charge in [-0.2, -0.15) is 0 Å². The minimum Gasteiger partial charge on any atom is -0.493 e. The molecule has 0 fully saturated rings. The number of benzene rings is 2. The van der Waals surface area contributed by atoms with E-state index in [-0.39, 0.29) is 11.9 Å². The third-order valence-electron chi connectivity index (χ3n) is 5.81. The van der Waals surface area contributed by atoms with Crippen LogP contribution in [0, 0.1) is 0 Å². The average Bonchev–Trinajstić information content (AvgIpc) is 2.80. The Balaban J connectivity index is 1.89. The number of hydrogen-bond donors (Lipinski definition) is 0. The number of carbonyl (C=O) groups is 1. The van der Waals surface area contributed by atoms with E-state index < -0.39 is 0 Å². The summed E-state index contributed by atoms with van der Waals surface area (Å²) in [5, 5.41) is 0. The summed E-state index contributed by atoms with van der Waals surface area (Å²) in [6.07, 6.45) is 4.28. The standard InChI is InChI=1S/C25H33NO4/c1-5-7-8-25(27)26-14-13-19-15-23(28-3)24(29-4)16-21(19)22(26)17-30-20-11-9-18(6-2)10-12-20/h9-12,15-16,22H,5-8,13-14,17H2,1-4H3/t22-/m1/s1. The molecule has 0 bridgehead atoms. The molecule has 1 atom stereocenters. The maximum Gasteiger partial charge on any atom is 0.223 e. The van der Waals surface area contributed by atoms with Crippen LogP contribution in [0.25, 0.3) is 0 Å². The molecule has 2 aromatic carbocycles. The predicted molar refractivity (Wildman–Crippen MR) is 119 cm³/mol. The summed E-state index contributed by atoms with van der Waals surface area (Å²) >= 11 is 0. The van der Waals surface area contributed by atoms with Crippen molar-refractivity contribution in [1.82, 2.24) is 4.90 Å². The van der Waals surface area contributed by atoms with Crippen LogP contribution in [-0.2, 0) is 17.6 Å². The fourth-order valence-corrected chi connectivity index (χ4v) is 3.97. The molecular formula is C25H33NO4. The van der Waals surface area contributed by atoms with Crippen LogP contribution in [0.4, 0.5) is 0 Å². The van der Waals surface area contributed by atoms with Crippen molar-refractivity contribution in [3.8, 4) is 17.2 Å². The van der Waals surface area contributed by atoms with Crippen LogP contribution in [0.2, 0.25) is 0 Å². The summed E-state index contributed by atoms with van der Waals surface area (Å²) in [6, 6.07) is 12.1. The third kappa shape index (κ3) is 4.89. The van der Waals surface area contributed by atoms with E-state index in [9.17, 15) is 4.79 Å². The number of ether oxygens (including phenoxy) is 3. The molecule has 1 aliphatic rings. The van der Waals surface area contributed by atoms with Crippen molar-refractivity contribution in [2.45, 2.75) is 52.0 Å². The lowest BCUT2D eigenvalue weighted by Gasteiger charge is -2.37. The number of amides is 1. The maximum absolute atomic E-state index is 13.0. The van der Waals surface area contributed by atoms with Crippen molar-refractivity contribution in [2.75, 3.05) is 27.4 Å². The first-order chi connectivity index (χ1) is 14.6. The molecule has 0 N–H and O–H groups in total. The Kier molecular flexibility index (Phi) is 7.61. The Hall–Kier alpha value is -2.69. The van der Waals surface area contributed by atoms with Gasteiger partial charge in [0.1, 0.15) is 12.4 Å². The average molecular weight is 412 g/mol. The lowest BCUT2D eigenvalue weighted by molar-refractivity contribution is -0.135. The molecule has 1 amide bonds. The molecule has 0 aliphatic carbocycles. The van der Waals surface area contributed by atoms with Gasteiger partial charge in [-0.1, -0.05) is 32.4 Å². The minimum atomic E-state index is -0.149. The van der Waals surface area contributed by atoms with E-state index in [2.05, 4.69) is 26.0 Å². The Morgan fingerprint density at radius 1 is 1.07 bits per heavy atom. The Bertz CT molecular complexity index is 847. The van der Waals surface area contributed by atoms with E-state index >= 15 is 0 Å². The molecule has 1 aliphatic heterocycles. The quantitative estimate of drug-likeness (QED) is 0.585. The van der Waals surface area contributed by atoms with Crippen LogP contribution in [0.5, 0.6) is 17.2 Å². The van der Waals surface area contributed by atoms with Crippen LogP contribution < -0.4 is 14.2 Å². The minimum absolute atomic E-state index is 0.149. The summed E-state index contributed by atoms with van der Waals surface area (Å²) in [6.45, 7) is 5.34. The number of carbonyl (C=O) groups excluding carboxylic acids is 1. The number of hydrogen-bond acceptors (Lipinski definition) is 4. The van der Waals surface area contributed by atoms with Crippen molar-refractivity contribution in [1.29, 1.82) is 0 Å². The molecule has 1 heterocycles. The summed E-state index contributed by atoms with van der Waals surface area (Å²) in [7, 11) is 3.28. The molecule has 0 saturated heterocycles. The van der Waals surface area contributed by atoms with Gasteiger partial charge in [0.05, 0.1) is 20.3 Å². The van der Waals surface area contributed by atoms with Gasteiger partial charge in [0.25, 0.3) is 0 Å². The third-order valence-corrected chi connectivity index (χ3v) is 5.81. The number of nitrogens with zero attached hydrogens (tertiary/aromatic N) is 1. The van der Waals surface area contributed by atoms with Crippen LogP contribution in [0.15, 0.2) is 36.4 Å². The molecule has 0 unspecified atom stereocenters. The van der Waals surface area contributed by atoms with Gasteiger partial charge in [-0.15, -0.1) is 0 Å². The monoisotopic (exact) mass is 411 g/mol. The van der Waals surface area contributed by atoms with E-state index in [1.807, 2.05) is 29.2 Å². The van der Waals surface area contributed by atoms with Gasteiger partial charge in [0.2, 0.25) is 5.91 Å². The molecule has 2 aromatic rings. The van der Waals surface area contributed by atoms with E-state index in [0.29, 0.717) is 25.3 Å². The SMILES string of the molecule is CCCCC(=O)N1CCc2cc(OC)c(OC)cc2[C@H]1COc1ccc(CC)cc1. The van der Waals surface area contributed by atoms with Crippen molar-refractivity contribution in [2.24, 2.45) is 0 Å². The zero-order valence-corrected chi connectivity index (χ0v) is 18.6. The molecule has 3 rings (SSSR count). The Morgan fingerprint density at radius 3 is 2.40 bits per heavy atom. The first-order valence-electron chi connectivity index (χ1n) is 10.9. The van der Waals surface area contributed by atoms with Gasteiger partial charge in [-0.05, 0) is 60.2 Å². The lowest BCUT2D eigenvalue weighted by atomic mass is 9.91. The summed E-state index contributed by atoms with van der Waals surface area (Å²) < 4.78 is 17.2. The summed E-state index contributed by atoms with van der Waals surface area (Å²) in [4.78, 5) is 14.9. The number of rotatable bonds is 9. The zero-order chi connectivity index (χ0) is 21.5. The predicted octanol–water partition coefficient (Wildman–Crippen LogP) is 4.96. The van der Waals surface area contributed by atoms with Gasteiger partial charge in [-0.3, -0.25) is 4.79 Å². The highest BCUT2D eigenvalue weighted by atomic mass is 16.5. The van der Waals surface area contributed by atoms with Gasteiger partial charge >= 0.3 is 0 Å². The number of aryl methyl sites for hydroxylation is 1. The summed E-state index contributed by atoms with van der Waals surface area (Å²) in [5.41, 5.74) is 3.54. The highest BCUT2D eigenvalue weighted by molar-refractivity contribution is 5.77. The molecule has 5 heteroatoms. The second-order valence-corrected chi connectivity index (χ2v) is 7.67. The van der Waals surface area contributed by atoms with E-state index in [0.717, 1.165) is 42.7 Å². The van der Waals surface area contributed by atoms with Crippen LogP contribution in [0.1, 0.15) is 55.8 Å². The normalized spacial score (nSPS) is 15.5.